The Labute approximate surface area is 144 Å². The van der Waals surface area contributed by atoms with Gasteiger partial charge in [0.25, 0.3) is 0 Å². The van der Waals surface area contributed by atoms with Gasteiger partial charge in [0.05, 0.1) is 0 Å². The summed E-state index contributed by atoms with van der Waals surface area (Å²) in [5, 5.41) is 9.24. The van der Waals surface area contributed by atoms with Crippen molar-refractivity contribution in [2.45, 2.75) is 52.9 Å². The van der Waals surface area contributed by atoms with E-state index in [2.05, 4.69) is 19.6 Å². The van der Waals surface area contributed by atoms with E-state index in [0.717, 1.165) is 37.7 Å². The van der Waals surface area contributed by atoms with Gasteiger partial charge in [-0.2, -0.15) is 0 Å². The second-order valence-corrected chi connectivity index (χ2v) is 7.37. The first-order chi connectivity index (χ1) is 11.3. The quantitative estimate of drug-likeness (QED) is 0.464. The highest BCUT2D eigenvalue weighted by molar-refractivity contribution is 5.87. The molecule has 3 unspecified atom stereocenters. The Bertz CT molecular complexity index is 599. The van der Waals surface area contributed by atoms with Crippen molar-refractivity contribution < 1.29 is 19.4 Å². The van der Waals surface area contributed by atoms with Gasteiger partial charge in [-0.3, -0.25) is 0 Å². The fraction of sp³-hybridized carbons (Fsp3) is 0.600. The first-order valence-electron chi connectivity index (χ1n) is 8.69. The molecule has 2 rings (SSSR count). The Hall–Kier alpha value is -1.84. The third-order valence-electron chi connectivity index (χ3n) is 5.89. The minimum Gasteiger partial charge on any atom is -0.478 e. The number of aliphatic carboxylic acids is 1. The van der Waals surface area contributed by atoms with Gasteiger partial charge in [0.15, 0.2) is 0 Å². The van der Waals surface area contributed by atoms with Gasteiger partial charge in [0.2, 0.25) is 0 Å². The third-order valence-corrected chi connectivity index (χ3v) is 5.89. The molecule has 0 bridgehead atoms. The third kappa shape index (κ3) is 3.80. The van der Waals surface area contributed by atoms with Crippen LogP contribution in [0.5, 0.6) is 0 Å². The summed E-state index contributed by atoms with van der Waals surface area (Å²) in [5.74, 6) is -0.914. The number of hydrogen-bond donors (Lipinski definition) is 1. The molecule has 3 atom stereocenters. The van der Waals surface area contributed by atoms with Crippen LogP contribution in [-0.4, -0.2) is 23.7 Å². The maximum Gasteiger partial charge on any atom is 0.333 e. The molecule has 0 aromatic carbocycles. The van der Waals surface area contributed by atoms with Gasteiger partial charge in [-0.1, -0.05) is 25.7 Å². The van der Waals surface area contributed by atoms with Gasteiger partial charge >= 0.3 is 11.9 Å². The summed E-state index contributed by atoms with van der Waals surface area (Å²) in [5.41, 5.74) is 2.23. The number of hydrogen-bond acceptors (Lipinski definition) is 3. The number of ether oxygens (including phenoxy) is 1. The van der Waals surface area contributed by atoms with E-state index in [1.165, 1.54) is 0 Å². The Morgan fingerprint density at radius 3 is 2.79 bits per heavy atom. The molecular weight excluding hydrogens is 304 g/mol. The monoisotopic (exact) mass is 332 g/mol. The van der Waals surface area contributed by atoms with Gasteiger partial charge in [-0.15, -0.1) is 0 Å². The maximum absolute atomic E-state index is 11.9. The molecule has 132 valence electrons. The van der Waals surface area contributed by atoms with Crippen LogP contribution in [-0.2, 0) is 14.3 Å². The smallest absolute Gasteiger partial charge is 0.333 e. The maximum atomic E-state index is 11.9. The molecule has 1 N–H and O–H groups in total. The van der Waals surface area contributed by atoms with E-state index in [0.29, 0.717) is 17.8 Å². The molecule has 0 aromatic heterocycles. The molecule has 1 saturated carbocycles. The van der Waals surface area contributed by atoms with E-state index in [9.17, 15) is 14.7 Å². The molecule has 0 spiro atoms. The number of carbonyl (C=O) groups excluding carboxylic acids is 1. The van der Waals surface area contributed by atoms with Gasteiger partial charge in [-0.25, -0.2) is 9.59 Å². The zero-order chi connectivity index (χ0) is 17.9. The van der Waals surface area contributed by atoms with Gasteiger partial charge < -0.3 is 9.84 Å². The van der Waals surface area contributed by atoms with Crippen molar-refractivity contribution in [2.75, 3.05) is 6.61 Å². The Kier molecular flexibility index (Phi) is 5.68. The van der Waals surface area contributed by atoms with Crippen LogP contribution in [0.1, 0.15) is 52.9 Å². The van der Waals surface area contributed by atoms with Crippen molar-refractivity contribution in [1.82, 2.24) is 0 Å². The SMILES string of the molecule is C=C(C(=O)O)C1CCC2(C)CCC=C(COC(=O)C(C)=CC)C2C1. The highest BCUT2D eigenvalue weighted by atomic mass is 16.5. The standard InChI is InChI=1S/C20H28O4/c1-5-13(2)19(23)24-12-16-7-6-9-20(4)10-8-15(11-17(16)20)14(3)18(21)22/h5,7,15,17H,3,6,8-12H2,1-2,4H3,(H,21,22). The molecule has 0 radical (unpaired) electrons. The van der Waals surface area contributed by atoms with Gasteiger partial charge in [0.1, 0.15) is 6.61 Å². The number of fused-ring (bicyclic) bond motifs is 1. The average Bonchev–Trinajstić information content (AvgIpc) is 2.57. The van der Waals surface area contributed by atoms with Crippen LogP contribution < -0.4 is 0 Å². The minimum absolute atomic E-state index is 0.00931. The van der Waals surface area contributed by atoms with Crippen LogP contribution in [0.3, 0.4) is 0 Å². The van der Waals surface area contributed by atoms with E-state index in [1.54, 1.807) is 13.0 Å². The van der Waals surface area contributed by atoms with Crippen molar-refractivity contribution in [1.29, 1.82) is 0 Å². The topological polar surface area (TPSA) is 63.6 Å². The zero-order valence-electron chi connectivity index (χ0n) is 14.9. The van der Waals surface area contributed by atoms with Gasteiger partial charge in [0, 0.05) is 11.1 Å². The summed E-state index contributed by atoms with van der Waals surface area (Å²) in [6, 6.07) is 0. The highest BCUT2D eigenvalue weighted by Gasteiger charge is 2.44. The van der Waals surface area contributed by atoms with E-state index < -0.39 is 5.97 Å². The molecule has 0 heterocycles. The number of rotatable bonds is 5. The normalized spacial score (nSPS) is 30.1. The lowest BCUT2D eigenvalue weighted by Gasteiger charge is -2.48. The number of esters is 1. The van der Waals surface area contributed by atoms with E-state index in [-0.39, 0.29) is 23.2 Å². The number of carboxylic acids is 1. The second-order valence-electron chi connectivity index (χ2n) is 7.37. The average molecular weight is 332 g/mol. The molecule has 0 saturated heterocycles. The van der Waals surface area contributed by atoms with Crippen molar-refractivity contribution in [3.8, 4) is 0 Å². The number of carboxylic acid groups (broad SMARTS) is 1. The van der Waals surface area contributed by atoms with Crippen LogP contribution in [0.2, 0.25) is 0 Å². The fourth-order valence-corrected chi connectivity index (χ4v) is 4.02. The summed E-state index contributed by atoms with van der Waals surface area (Å²) in [7, 11) is 0. The van der Waals surface area contributed by atoms with Crippen LogP contribution in [0.15, 0.2) is 35.5 Å². The van der Waals surface area contributed by atoms with Crippen LogP contribution >= 0.6 is 0 Å². The van der Waals surface area contributed by atoms with E-state index in [1.807, 2.05) is 6.92 Å². The van der Waals surface area contributed by atoms with Crippen molar-refractivity contribution in [3.63, 3.8) is 0 Å². The van der Waals surface area contributed by atoms with Crippen molar-refractivity contribution >= 4 is 11.9 Å². The molecule has 4 nitrogen and oxygen atoms in total. The molecule has 0 amide bonds. The van der Waals surface area contributed by atoms with E-state index >= 15 is 0 Å². The number of carbonyl (C=O) groups is 2. The summed E-state index contributed by atoms with van der Waals surface area (Å²) < 4.78 is 5.46. The zero-order valence-corrected chi connectivity index (χ0v) is 14.9. The Balaban J connectivity index is 2.11. The largest absolute Gasteiger partial charge is 0.478 e. The Morgan fingerprint density at radius 2 is 2.17 bits per heavy atom. The van der Waals surface area contributed by atoms with Crippen LogP contribution in [0, 0.1) is 17.3 Å². The summed E-state index contributed by atoms with van der Waals surface area (Å²) in [6.45, 7) is 9.90. The first kappa shape index (κ1) is 18.5. The van der Waals surface area contributed by atoms with E-state index in [4.69, 9.17) is 4.74 Å². The second kappa shape index (κ2) is 7.37. The molecule has 2 aliphatic carbocycles. The molecule has 2 aliphatic rings. The molecular formula is C20H28O4. The lowest BCUT2D eigenvalue weighted by Crippen LogP contribution is -2.39. The number of allylic oxidation sites excluding steroid dienone is 2. The fourth-order valence-electron chi connectivity index (χ4n) is 4.02. The lowest BCUT2D eigenvalue weighted by atomic mass is 9.57. The van der Waals surface area contributed by atoms with Crippen molar-refractivity contribution in [3.05, 3.63) is 35.5 Å². The summed E-state index contributed by atoms with van der Waals surface area (Å²) in [6.07, 6.45) is 8.68. The molecule has 4 heteroatoms. The lowest BCUT2D eigenvalue weighted by molar-refractivity contribution is -0.138. The minimum atomic E-state index is -0.903. The molecule has 0 aromatic rings. The van der Waals surface area contributed by atoms with Crippen LogP contribution in [0.4, 0.5) is 0 Å². The Morgan fingerprint density at radius 1 is 1.46 bits per heavy atom. The molecule has 0 aliphatic heterocycles. The predicted molar refractivity (Wildman–Crippen MR) is 93.4 cm³/mol. The summed E-state index contributed by atoms with van der Waals surface area (Å²) >= 11 is 0. The van der Waals surface area contributed by atoms with Crippen LogP contribution in [0.25, 0.3) is 0 Å². The molecule has 24 heavy (non-hydrogen) atoms. The van der Waals surface area contributed by atoms with Gasteiger partial charge in [-0.05, 0) is 68.8 Å². The highest BCUT2D eigenvalue weighted by Crippen LogP contribution is 2.53. The summed E-state index contributed by atoms with van der Waals surface area (Å²) in [4.78, 5) is 23.2. The van der Waals surface area contributed by atoms with Crippen molar-refractivity contribution in [2.24, 2.45) is 17.3 Å². The molecule has 1 fully saturated rings. The predicted octanol–water partition coefficient (Wildman–Crippen LogP) is 4.28. The first-order valence-corrected chi connectivity index (χ1v) is 8.69.